The first-order valence-corrected chi connectivity index (χ1v) is 11.5. The molecule has 6 nitrogen and oxygen atoms in total. The van der Waals surface area contributed by atoms with E-state index in [0.717, 1.165) is 47.2 Å². The Hall–Kier alpha value is -2.53. The predicted octanol–water partition coefficient (Wildman–Crippen LogP) is 4.63. The lowest BCUT2D eigenvalue weighted by Gasteiger charge is -2.10. The molecule has 0 fully saturated rings. The number of carbonyl (C=O) groups is 1. The van der Waals surface area contributed by atoms with E-state index in [-0.39, 0.29) is 23.6 Å². The predicted molar refractivity (Wildman–Crippen MR) is 115 cm³/mol. The highest BCUT2D eigenvalue weighted by atomic mass is 32.2. The minimum absolute atomic E-state index is 0.101. The lowest BCUT2D eigenvalue weighted by Crippen LogP contribution is -2.17. The number of benzene rings is 1. The number of rotatable bonds is 7. The summed E-state index contributed by atoms with van der Waals surface area (Å²) in [6.07, 6.45) is -1.52. The summed E-state index contributed by atoms with van der Waals surface area (Å²) >= 11 is 3.06. The van der Waals surface area contributed by atoms with E-state index in [4.69, 9.17) is 0 Å². The summed E-state index contributed by atoms with van der Waals surface area (Å²) < 4.78 is 40.3. The summed E-state index contributed by atoms with van der Waals surface area (Å²) in [7, 11) is 0. The van der Waals surface area contributed by atoms with Crippen LogP contribution in [0.25, 0.3) is 10.2 Å². The molecular weight excluding hydrogens is 451 g/mol. The van der Waals surface area contributed by atoms with Crippen LogP contribution in [0.15, 0.2) is 29.1 Å². The number of nitrogens with one attached hydrogen (secondary N) is 2. The van der Waals surface area contributed by atoms with Crippen molar-refractivity contribution < 1.29 is 22.7 Å². The standard InChI is InChI=1S/C20H18F3N3O3S2/c21-20(22,23)29-12-6-4-11(5-7-12)24-16(27)8-9-30-10-15-25-18(28)17-13-2-1-3-14(13)31-19(17)26-15/h4-7H,1-3,8-10H2,(H,24,27)(H,25,26,28). The molecule has 0 bridgehead atoms. The zero-order valence-corrected chi connectivity index (χ0v) is 17.8. The van der Waals surface area contributed by atoms with E-state index in [1.165, 1.54) is 28.8 Å². The van der Waals surface area contributed by atoms with Crippen LogP contribution in [0.3, 0.4) is 0 Å². The number of halogens is 3. The number of nitrogens with zero attached hydrogens (tertiary/aromatic N) is 1. The van der Waals surface area contributed by atoms with Crippen LogP contribution in [-0.4, -0.2) is 28.0 Å². The summed E-state index contributed by atoms with van der Waals surface area (Å²) in [5, 5.41) is 3.34. The second kappa shape index (κ2) is 8.91. The summed E-state index contributed by atoms with van der Waals surface area (Å²) in [5.74, 6) is 0.955. The maximum absolute atomic E-state index is 12.4. The molecule has 0 atom stereocenters. The minimum Gasteiger partial charge on any atom is -0.406 e. The van der Waals surface area contributed by atoms with Gasteiger partial charge in [-0.15, -0.1) is 24.5 Å². The molecule has 0 unspecified atom stereocenters. The Balaban J connectivity index is 1.25. The molecule has 0 aliphatic heterocycles. The molecule has 2 heterocycles. The number of H-pyrrole nitrogens is 1. The zero-order chi connectivity index (χ0) is 22.0. The van der Waals surface area contributed by atoms with E-state index in [0.29, 0.717) is 23.0 Å². The van der Waals surface area contributed by atoms with Gasteiger partial charge in [0.25, 0.3) is 5.56 Å². The zero-order valence-electron chi connectivity index (χ0n) is 16.2. The molecule has 2 aromatic heterocycles. The Morgan fingerprint density at radius 2 is 2.03 bits per heavy atom. The molecule has 3 aromatic rings. The molecule has 0 spiro atoms. The first-order valence-electron chi connectivity index (χ1n) is 9.55. The van der Waals surface area contributed by atoms with Gasteiger partial charge in [0.2, 0.25) is 5.91 Å². The Bertz CT molecular complexity index is 1160. The summed E-state index contributed by atoms with van der Waals surface area (Å²) in [6, 6.07) is 4.95. The number of hydrogen-bond donors (Lipinski definition) is 2. The van der Waals surface area contributed by atoms with Crippen molar-refractivity contribution in [3.8, 4) is 5.75 Å². The molecule has 2 N–H and O–H groups in total. The summed E-state index contributed by atoms with van der Waals surface area (Å²) in [4.78, 5) is 33.9. The van der Waals surface area contributed by atoms with Crippen molar-refractivity contribution in [1.29, 1.82) is 0 Å². The van der Waals surface area contributed by atoms with Gasteiger partial charge in [-0.2, -0.15) is 11.8 Å². The number of carbonyl (C=O) groups excluding carboxylic acids is 1. The molecule has 164 valence electrons. The number of thioether (sulfide) groups is 1. The number of ether oxygens (including phenoxy) is 1. The van der Waals surface area contributed by atoms with Gasteiger partial charge in [-0.1, -0.05) is 0 Å². The van der Waals surface area contributed by atoms with E-state index < -0.39 is 6.36 Å². The third-order valence-corrected chi connectivity index (χ3v) is 6.86. The van der Waals surface area contributed by atoms with Crippen LogP contribution in [0.4, 0.5) is 18.9 Å². The molecule has 4 rings (SSSR count). The molecule has 1 aliphatic carbocycles. The van der Waals surface area contributed by atoms with Crippen LogP contribution < -0.4 is 15.6 Å². The van der Waals surface area contributed by atoms with Crippen LogP contribution >= 0.6 is 23.1 Å². The van der Waals surface area contributed by atoms with Gasteiger partial charge in [-0.3, -0.25) is 9.59 Å². The molecule has 0 radical (unpaired) electrons. The number of aromatic amines is 1. The van der Waals surface area contributed by atoms with Crippen LogP contribution in [0.1, 0.15) is 29.1 Å². The fraction of sp³-hybridized carbons (Fsp3) is 0.350. The molecular formula is C20H18F3N3O3S2. The molecule has 0 saturated heterocycles. The first kappa shape index (κ1) is 21.7. The third kappa shape index (κ3) is 5.40. The fourth-order valence-electron chi connectivity index (χ4n) is 3.41. The monoisotopic (exact) mass is 469 g/mol. The van der Waals surface area contributed by atoms with Gasteiger partial charge in [0, 0.05) is 22.7 Å². The van der Waals surface area contributed by atoms with Gasteiger partial charge in [0.05, 0.1) is 11.1 Å². The van der Waals surface area contributed by atoms with Crippen LogP contribution in [0.2, 0.25) is 0 Å². The quantitative estimate of drug-likeness (QED) is 0.493. The van der Waals surface area contributed by atoms with Gasteiger partial charge in [0.1, 0.15) is 16.4 Å². The number of aromatic nitrogens is 2. The molecule has 1 aliphatic rings. The van der Waals surface area contributed by atoms with E-state index in [1.54, 1.807) is 11.3 Å². The van der Waals surface area contributed by atoms with Gasteiger partial charge in [-0.25, -0.2) is 4.98 Å². The normalized spacial score (nSPS) is 13.4. The number of hydrogen-bond acceptors (Lipinski definition) is 6. The van der Waals surface area contributed by atoms with E-state index in [9.17, 15) is 22.8 Å². The molecule has 1 aromatic carbocycles. The van der Waals surface area contributed by atoms with Crippen molar-refractivity contribution in [2.75, 3.05) is 11.1 Å². The Morgan fingerprint density at radius 1 is 1.26 bits per heavy atom. The highest BCUT2D eigenvalue weighted by Crippen LogP contribution is 2.34. The van der Waals surface area contributed by atoms with Gasteiger partial charge < -0.3 is 15.0 Å². The molecule has 0 saturated carbocycles. The van der Waals surface area contributed by atoms with Crippen molar-refractivity contribution in [1.82, 2.24) is 9.97 Å². The van der Waals surface area contributed by atoms with Gasteiger partial charge >= 0.3 is 6.36 Å². The smallest absolute Gasteiger partial charge is 0.406 e. The fourth-order valence-corrected chi connectivity index (χ4v) is 5.50. The largest absolute Gasteiger partial charge is 0.573 e. The first-order chi connectivity index (χ1) is 14.8. The van der Waals surface area contributed by atoms with Crippen LogP contribution in [0, 0.1) is 0 Å². The number of aryl methyl sites for hydroxylation is 2. The van der Waals surface area contributed by atoms with Gasteiger partial charge in [0.15, 0.2) is 0 Å². The summed E-state index contributed by atoms with van der Waals surface area (Å²) in [5.41, 5.74) is 1.42. The van der Waals surface area contributed by atoms with Crippen molar-refractivity contribution in [2.24, 2.45) is 0 Å². The number of anilines is 1. The molecule has 11 heteroatoms. The molecule has 1 amide bonds. The lowest BCUT2D eigenvalue weighted by molar-refractivity contribution is -0.274. The van der Waals surface area contributed by atoms with E-state index in [2.05, 4.69) is 20.0 Å². The topological polar surface area (TPSA) is 84.1 Å². The highest BCUT2D eigenvalue weighted by molar-refractivity contribution is 7.98. The summed E-state index contributed by atoms with van der Waals surface area (Å²) in [6.45, 7) is 0. The maximum atomic E-state index is 12.4. The lowest BCUT2D eigenvalue weighted by atomic mass is 10.2. The van der Waals surface area contributed by atoms with Crippen LogP contribution in [0.5, 0.6) is 5.75 Å². The Morgan fingerprint density at radius 3 is 2.77 bits per heavy atom. The number of thiophene rings is 1. The average Bonchev–Trinajstić information content (AvgIpc) is 3.26. The second-order valence-electron chi connectivity index (χ2n) is 6.97. The van der Waals surface area contributed by atoms with E-state index in [1.807, 2.05) is 0 Å². The number of alkyl halides is 3. The van der Waals surface area contributed by atoms with Crippen molar-refractivity contribution >= 4 is 44.9 Å². The maximum Gasteiger partial charge on any atom is 0.573 e. The number of amides is 1. The van der Waals surface area contributed by atoms with Gasteiger partial charge in [-0.05, 0) is 49.1 Å². The van der Waals surface area contributed by atoms with E-state index >= 15 is 0 Å². The SMILES string of the molecule is O=C(CCSCc1nc2sc3c(c2c(=O)[nH]1)CCC3)Nc1ccc(OC(F)(F)F)cc1. The Kier molecular flexibility index (Phi) is 6.24. The highest BCUT2D eigenvalue weighted by Gasteiger charge is 2.31. The van der Waals surface area contributed by atoms with Crippen molar-refractivity contribution in [3.63, 3.8) is 0 Å². The minimum atomic E-state index is -4.75. The third-order valence-electron chi connectivity index (χ3n) is 4.71. The number of fused-ring (bicyclic) bond motifs is 3. The molecule has 31 heavy (non-hydrogen) atoms. The van der Waals surface area contributed by atoms with Crippen molar-refractivity contribution in [3.05, 3.63) is 50.9 Å². The Labute approximate surface area is 183 Å². The second-order valence-corrected chi connectivity index (χ2v) is 9.16. The average molecular weight is 470 g/mol. The van der Waals surface area contributed by atoms with Crippen LogP contribution in [-0.2, 0) is 23.4 Å². The van der Waals surface area contributed by atoms with Crippen molar-refractivity contribution in [2.45, 2.75) is 37.8 Å².